The second-order valence-electron chi connectivity index (χ2n) is 6.46. The summed E-state index contributed by atoms with van der Waals surface area (Å²) < 4.78 is 0. The molecule has 3 rings (SSSR count). The minimum atomic E-state index is -0.407. The quantitative estimate of drug-likeness (QED) is 0.411. The van der Waals surface area contributed by atoms with E-state index in [4.69, 9.17) is 0 Å². The zero-order valence-corrected chi connectivity index (χ0v) is 16.1. The number of benzene rings is 2. The number of hydrogen-bond acceptors (Lipinski definition) is 4. The molecule has 29 heavy (non-hydrogen) atoms. The third kappa shape index (κ3) is 5.32. The van der Waals surface area contributed by atoms with Crippen molar-refractivity contribution in [2.45, 2.75) is 13.8 Å². The molecule has 0 aliphatic heterocycles. The van der Waals surface area contributed by atoms with E-state index in [2.05, 4.69) is 31.5 Å². The van der Waals surface area contributed by atoms with Gasteiger partial charge in [0.25, 0.3) is 0 Å². The maximum absolute atomic E-state index is 12.0. The number of carbonyl (C=O) groups is 3. The van der Waals surface area contributed by atoms with Crippen LogP contribution in [0, 0.1) is 0 Å². The van der Waals surface area contributed by atoms with Gasteiger partial charge in [-0.15, -0.1) is 0 Å². The topological polar surface area (TPSA) is 128 Å². The molecule has 5 N–H and O–H groups in total. The van der Waals surface area contributed by atoms with E-state index < -0.39 is 6.03 Å². The molecule has 0 fully saturated rings. The van der Waals surface area contributed by atoms with E-state index in [1.54, 1.807) is 0 Å². The summed E-state index contributed by atoms with van der Waals surface area (Å²) in [6.45, 7) is 3.54. The Labute approximate surface area is 167 Å². The fraction of sp³-hybridized carbons (Fsp3) is 0.200. The third-order valence-corrected chi connectivity index (χ3v) is 4.10. The van der Waals surface area contributed by atoms with Crippen molar-refractivity contribution in [3.8, 4) is 11.1 Å². The smallest absolute Gasteiger partial charge is 0.320 e. The summed E-state index contributed by atoms with van der Waals surface area (Å²) in [5.74, 6) is 0.136. The molecule has 0 unspecified atom stereocenters. The first-order valence-corrected chi connectivity index (χ1v) is 9.08. The van der Waals surface area contributed by atoms with Crippen LogP contribution < -0.4 is 21.3 Å². The van der Waals surface area contributed by atoms with Crippen molar-refractivity contribution >= 4 is 40.3 Å². The number of rotatable bonds is 6. The molecule has 0 aliphatic rings. The summed E-state index contributed by atoms with van der Waals surface area (Å²) in [4.78, 5) is 34.1. The molecule has 0 atom stereocenters. The second kappa shape index (κ2) is 8.87. The summed E-state index contributed by atoms with van der Waals surface area (Å²) in [5, 5.41) is 18.5. The molecule has 0 radical (unpaired) electrons. The van der Waals surface area contributed by atoms with Gasteiger partial charge < -0.3 is 16.0 Å². The van der Waals surface area contributed by atoms with E-state index in [0.717, 1.165) is 27.7 Å². The summed E-state index contributed by atoms with van der Waals surface area (Å²) in [5.41, 5.74) is 3.37. The zero-order valence-electron chi connectivity index (χ0n) is 16.1. The molecule has 9 heteroatoms. The highest BCUT2D eigenvalue weighted by molar-refractivity contribution is 6.00. The van der Waals surface area contributed by atoms with Gasteiger partial charge in [-0.2, -0.15) is 5.10 Å². The Morgan fingerprint density at radius 2 is 1.66 bits per heavy atom. The molecular weight excluding hydrogens is 372 g/mol. The Morgan fingerprint density at radius 1 is 0.897 bits per heavy atom. The van der Waals surface area contributed by atoms with Crippen molar-refractivity contribution < 1.29 is 14.4 Å². The number of aromatic nitrogens is 2. The molecule has 1 aromatic heterocycles. The molecule has 3 aromatic rings. The van der Waals surface area contributed by atoms with Crippen molar-refractivity contribution in [3.63, 3.8) is 0 Å². The van der Waals surface area contributed by atoms with Crippen LogP contribution in [0.15, 0.2) is 42.5 Å². The highest BCUT2D eigenvalue weighted by Gasteiger charge is 2.10. The fourth-order valence-electron chi connectivity index (χ4n) is 2.84. The molecule has 9 nitrogen and oxygen atoms in total. The first-order valence-electron chi connectivity index (χ1n) is 9.08. The number of hydrogen-bond donors (Lipinski definition) is 5. The molecule has 1 heterocycles. The number of nitrogens with one attached hydrogen (secondary N) is 5. The maximum atomic E-state index is 12.0. The summed E-state index contributed by atoms with van der Waals surface area (Å²) in [6, 6.07) is 12.8. The van der Waals surface area contributed by atoms with Crippen LogP contribution in [0.5, 0.6) is 0 Å². The van der Waals surface area contributed by atoms with Gasteiger partial charge in [-0.05, 0) is 35.4 Å². The molecule has 4 amide bonds. The van der Waals surface area contributed by atoms with Crippen LogP contribution in [0.25, 0.3) is 22.0 Å². The predicted molar refractivity (Wildman–Crippen MR) is 112 cm³/mol. The standard InChI is InChI=1S/C20H22N6O3/c1-12(27)21-8-9-22-20(29)24-19-17-7-6-15(11-18(17)25-26-19)14-4-3-5-16(10-14)23-13(2)28/h3-7,10-11H,8-9H2,1-2H3,(H,21,27)(H,23,28)(H3,22,24,25,26,29). The Balaban J connectivity index is 1.71. The summed E-state index contributed by atoms with van der Waals surface area (Å²) in [6.07, 6.45) is 0. The summed E-state index contributed by atoms with van der Waals surface area (Å²) >= 11 is 0. The van der Waals surface area contributed by atoms with Crippen molar-refractivity contribution in [3.05, 3.63) is 42.5 Å². The molecule has 2 aromatic carbocycles. The number of aromatic amines is 1. The van der Waals surface area contributed by atoms with Crippen LogP contribution in [-0.4, -0.2) is 41.1 Å². The van der Waals surface area contributed by atoms with Gasteiger partial charge in [0.2, 0.25) is 11.8 Å². The molecule has 0 spiro atoms. The Kier molecular flexibility index (Phi) is 6.08. The van der Waals surface area contributed by atoms with Gasteiger partial charge in [0.05, 0.1) is 5.52 Å². The monoisotopic (exact) mass is 394 g/mol. The van der Waals surface area contributed by atoms with E-state index in [-0.39, 0.29) is 11.8 Å². The van der Waals surface area contributed by atoms with E-state index >= 15 is 0 Å². The van der Waals surface area contributed by atoms with Crippen molar-refractivity contribution in [2.75, 3.05) is 23.7 Å². The van der Waals surface area contributed by atoms with E-state index in [0.29, 0.717) is 18.9 Å². The normalized spacial score (nSPS) is 10.4. The van der Waals surface area contributed by atoms with Crippen LogP contribution in [0.2, 0.25) is 0 Å². The van der Waals surface area contributed by atoms with Gasteiger partial charge in [0.15, 0.2) is 5.82 Å². The lowest BCUT2D eigenvalue weighted by molar-refractivity contribution is -0.119. The highest BCUT2D eigenvalue weighted by Crippen LogP contribution is 2.28. The molecule has 0 saturated heterocycles. The lowest BCUT2D eigenvalue weighted by Crippen LogP contribution is -2.36. The van der Waals surface area contributed by atoms with Gasteiger partial charge in [0.1, 0.15) is 0 Å². The van der Waals surface area contributed by atoms with Crippen LogP contribution in [0.3, 0.4) is 0 Å². The SMILES string of the molecule is CC(=O)NCCNC(=O)Nc1n[nH]c2cc(-c3cccc(NC(C)=O)c3)ccc12. The van der Waals surface area contributed by atoms with Crippen molar-refractivity contribution in [2.24, 2.45) is 0 Å². The van der Waals surface area contributed by atoms with E-state index in [9.17, 15) is 14.4 Å². The Bertz CT molecular complexity index is 1060. The first-order chi connectivity index (χ1) is 13.9. The van der Waals surface area contributed by atoms with Gasteiger partial charge in [0, 0.05) is 38.0 Å². The molecule has 0 bridgehead atoms. The predicted octanol–water partition coefficient (Wildman–Crippen LogP) is 2.45. The average Bonchev–Trinajstić information content (AvgIpc) is 3.07. The summed E-state index contributed by atoms with van der Waals surface area (Å²) in [7, 11) is 0. The molecule has 150 valence electrons. The van der Waals surface area contributed by atoms with E-state index in [1.165, 1.54) is 13.8 Å². The molecule has 0 saturated carbocycles. The van der Waals surface area contributed by atoms with Gasteiger partial charge in [-0.3, -0.25) is 20.0 Å². The number of urea groups is 1. The number of H-pyrrole nitrogens is 1. The molecular formula is C20H22N6O3. The number of fused-ring (bicyclic) bond motifs is 1. The lowest BCUT2D eigenvalue weighted by atomic mass is 10.0. The number of nitrogens with zero attached hydrogens (tertiary/aromatic N) is 1. The zero-order chi connectivity index (χ0) is 20.8. The average molecular weight is 394 g/mol. The molecule has 0 aliphatic carbocycles. The largest absolute Gasteiger partial charge is 0.355 e. The van der Waals surface area contributed by atoms with Crippen molar-refractivity contribution in [1.82, 2.24) is 20.8 Å². The minimum absolute atomic E-state index is 0.128. The van der Waals surface area contributed by atoms with E-state index in [1.807, 2.05) is 42.5 Å². The van der Waals surface area contributed by atoms with Crippen LogP contribution in [0.1, 0.15) is 13.8 Å². The van der Waals surface area contributed by atoms with Crippen LogP contribution >= 0.6 is 0 Å². The number of anilines is 2. The maximum Gasteiger partial charge on any atom is 0.320 e. The first kappa shape index (κ1) is 19.9. The number of amides is 4. The van der Waals surface area contributed by atoms with Gasteiger partial charge >= 0.3 is 6.03 Å². The highest BCUT2D eigenvalue weighted by atomic mass is 16.2. The lowest BCUT2D eigenvalue weighted by Gasteiger charge is -2.07. The minimum Gasteiger partial charge on any atom is -0.355 e. The second-order valence-corrected chi connectivity index (χ2v) is 6.46. The van der Waals surface area contributed by atoms with Crippen molar-refractivity contribution in [1.29, 1.82) is 0 Å². The Morgan fingerprint density at radius 3 is 2.41 bits per heavy atom. The van der Waals surface area contributed by atoms with Gasteiger partial charge in [-0.25, -0.2) is 4.79 Å². The number of carbonyl (C=O) groups excluding carboxylic acids is 3. The third-order valence-electron chi connectivity index (χ3n) is 4.10. The fourth-order valence-corrected chi connectivity index (χ4v) is 2.84. The van der Waals surface area contributed by atoms with Gasteiger partial charge in [-0.1, -0.05) is 18.2 Å². The Hall–Kier alpha value is -3.88. The van der Waals surface area contributed by atoms with Crippen LogP contribution in [-0.2, 0) is 9.59 Å². The van der Waals surface area contributed by atoms with Crippen LogP contribution in [0.4, 0.5) is 16.3 Å².